The average Bonchev–Trinajstić information content (AvgIpc) is 4.00. The van der Waals surface area contributed by atoms with E-state index in [0.717, 1.165) is 30.0 Å². The highest BCUT2D eigenvalue weighted by Crippen LogP contribution is 2.47. The lowest BCUT2D eigenvalue weighted by Gasteiger charge is -2.28. The topological polar surface area (TPSA) is 196 Å². The number of carbonyl (C=O) groups is 4. The highest BCUT2D eigenvalue weighted by Gasteiger charge is 2.63. The van der Waals surface area contributed by atoms with Crippen molar-refractivity contribution in [3.63, 3.8) is 0 Å². The number of primary amides is 1. The average molecular weight is 830 g/mol. The van der Waals surface area contributed by atoms with Gasteiger partial charge in [0.25, 0.3) is 5.91 Å². The van der Waals surface area contributed by atoms with Crippen LogP contribution in [0.4, 0.5) is 18.0 Å². The van der Waals surface area contributed by atoms with Gasteiger partial charge in [-0.3, -0.25) is 19.1 Å². The molecular formula is C39H58F3N5O9S. The maximum Gasteiger partial charge on any atom is 0.425 e. The lowest BCUT2D eigenvalue weighted by Crippen LogP contribution is -2.57. The van der Waals surface area contributed by atoms with Crippen molar-refractivity contribution in [2.24, 2.45) is 23.5 Å². The molecule has 7 atom stereocenters. The van der Waals surface area contributed by atoms with Gasteiger partial charge in [0.15, 0.2) is 6.10 Å². The minimum absolute atomic E-state index is 0. The SMILES string of the molecule is CCOc1cnc(O[C@@H]2C[C@H]3C(=O)N[C@]4(C(=O)NS(=O)(=O)C5(C)CC5)C[C@H]4/C=C\CC[C@@H](C)C[C@@H](C)CC(=O)N3C2)c2ccccc12.C[C@@H](OC(N)=O)C(F)(F)F.[HH].[HH].[HH]. The van der Waals surface area contributed by atoms with Gasteiger partial charge < -0.3 is 30.2 Å². The minimum atomic E-state index is -4.53. The number of carbonyl (C=O) groups excluding carboxylic acids is 4. The quantitative estimate of drug-likeness (QED) is 0.265. The number of fused-ring (bicyclic) bond motifs is 3. The molecule has 6 rings (SSSR count). The van der Waals surface area contributed by atoms with Gasteiger partial charge in [-0.1, -0.05) is 44.2 Å². The van der Waals surface area contributed by atoms with Crippen LogP contribution in [0.25, 0.3) is 10.8 Å². The predicted molar refractivity (Wildman–Crippen MR) is 210 cm³/mol. The zero-order valence-corrected chi connectivity index (χ0v) is 33.6. The second-order valence-corrected chi connectivity index (χ2v) is 18.1. The summed E-state index contributed by atoms with van der Waals surface area (Å²) in [4.78, 5) is 57.5. The zero-order valence-electron chi connectivity index (χ0n) is 32.8. The van der Waals surface area contributed by atoms with E-state index >= 15 is 0 Å². The van der Waals surface area contributed by atoms with Crippen molar-refractivity contribution in [3.8, 4) is 11.6 Å². The summed E-state index contributed by atoms with van der Waals surface area (Å²) in [6.45, 7) is 9.12. The van der Waals surface area contributed by atoms with Crippen LogP contribution in [0.3, 0.4) is 0 Å². The van der Waals surface area contributed by atoms with E-state index in [1.54, 1.807) is 18.0 Å². The molecule has 2 aliphatic carbocycles. The number of pyridine rings is 1. The highest BCUT2D eigenvalue weighted by molar-refractivity contribution is 7.91. The van der Waals surface area contributed by atoms with Gasteiger partial charge in [-0.25, -0.2) is 18.2 Å². The number of amides is 4. The molecule has 3 heterocycles. The van der Waals surface area contributed by atoms with Crippen LogP contribution in [0.2, 0.25) is 0 Å². The highest BCUT2D eigenvalue weighted by atomic mass is 32.2. The first-order chi connectivity index (χ1) is 26.7. The molecule has 0 unspecified atom stereocenters. The van der Waals surface area contributed by atoms with Crippen LogP contribution in [-0.2, 0) is 29.1 Å². The van der Waals surface area contributed by atoms with Crippen LogP contribution in [0.1, 0.15) is 90.3 Å². The first-order valence-electron chi connectivity index (χ1n) is 19.2. The number of aromatic nitrogens is 1. The number of hydrogen-bond acceptors (Lipinski definition) is 10. The molecule has 4 aliphatic rings. The summed E-state index contributed by atoms with van der Waals surface area (Å²) >= 11 is 0. The molecule has 1 aromatic carbocycles. The Hall–Kier alpha value is -4.61. The molecule has 2 aliphatic heterocycles. The molecule has 4 amide bonds. The summed E-state index contributed by atoms with van der Waals surface area (Å²) in [5.74, 6) is -0.205. The third-order valence-corrected chi connectivity index (χ3v) is 13.2. The van der Waals surface area contributed by atoms with Crippen molar-refractivity contribution < 1.29 is 59.3 Å². The standard InChI is InChI=1S/C35H46N4O7S.C4H6F3NO2.3H2/c1-5-45-29-20-36-32(27-13-9-8-12-26(27)29)46-25-18-28-31(41)37-35(33(42)38-47(43,44)34(4)14-15-34)19-24(35)11-7-6-10-22(2)16-23(3)17-30(40)39(28)21-25;1-2(4(5,6)7)10-3(8)9;;;/h7-9,11-13,20,22-25,28H,5-6,10,14-19,21H2,1-4H3,(H,37,41)(H,38,42);2H,1H3,(H2,8,9);3*1H/b11-7-;;;;/t22-,23-,24-,25-,28+,35-;2-;;;/m11.../s1. The fourth-order valence-electron chi connectivity index (χ4n) is 7.32. The second-order valence-electron chi connectivity index (χ2n) is 15.9. The first-order valence-corrected chi connectivity index (χ1v) is 20.7. The van der Waals surface area contributed by atoms with Crippen LogP contribution in [0.15, 0.2) is 42.6 Å². The van der Waals surface area contributed by atoms with Crippen molar-refractivity contribution >= 4 is 44.6 Å². The Balaban J connectivity index is 0.000000850. The second kappa shape index (κ2) is 17.1. The van der Waals surface area contributed by atoms with E-state index in [2.05, 4.69) is 39.3 Å². The molecule has 14 nitrogen and oxygen atoms in total. The van der Waals surface area contributed by atoms with Crippen molar-refractivity contribution in [2.45, 2.75) is 121 Å². The number of sulfonamides is 1. The Morgan fingerprint density at radius 1 is 1.14 bits per heavy atom. The number of allylic oxidation sites excluding steroid dienone is 1. The molecule has 0 bridgehead atoms. The maximum atomic E-state index is 14.1. The number of ether oxygens (including phenoxy) is 3. The predicted octanol–water partition coefficient (Wildman–Crippen LogP) is 6.03. The Morgan fingerprint density at radius 3 is 2.44 bits per heavy atom. The molecule has 1 saturated heterocycles. The number of nitrogens with two attached hydrogens (primary N) is 1. The van der Waals surface area contributed by atoms with Gasteiger partial charge in [-0.05, 0) is 77.2 Å². The fraction of sp³-hybridized carbons (Fsp3) is 0.615. The van der Waals surface area contributed by atoms with Crippen molar-refractivity contribution in [1.29, 1.82) is 0 Å². The van der Waals surface area contributed by atoms with Crippen LogP contribution in [-0.4, -0.2) is 90.0 Å². The lowest BCUT2D eigenvalue weighted by molar-refractivity contribution is -0.196. The van der Waals surface area contributed by atoms with E-state index in [4.69, 9.17) is 9.47 Å². The summed E-state index contributed by atoms with van der Waals surface area (Å²) in [5.41, 5.74) is 2.92. The number of alkyl halides is 3. The van der Waals surface area contributed by atoms with Gasteiger partial charge >= 0.3 is 12.3 Å². The third kappa shape index (κ3) is 10.3. The van der Waals surface area contributed by atoms with Crippen LogP contribution in [0.5, 0.6) is 11.6 Å². The Kier molecular flexibility index (Phi) is 13.0. The van der Waals surface area contributed by atoms with Crippen LogP contribution < -0.4 is 25.2 Å². The molecular weight excluding hydrogens is 772 g/mol. The zero-order chi connectivity index (χ0) is 41.9. The Morgan fingerprint density at radius 2 is 1.82 bits per heavy atom. The molecule has 320 valence electrons. The summed E-state index contributed by atoms with van der Waals surface area (Å²) < 4.78 is 77.6. The summed E-state index contributed by atoms with van der Waals surface area (Å²) in [7, 11) is -3.91. The number of rotatable bonds is 8. The van der Waals surface area contributed by atoms with Gasteiger partial charge in [0.2, 0.25) is 27.7 Å². The van der Waals surface area contributed by atoms with Crippen LogP contribution in [0, 0.1) is 17.8 Å². The number of nitrogens with zero attached hydrogens (tertiary/aromatic N) is 2. The summed E-state index contributed by atoms with van der Waals surface area (Å²) in [5, 5.41) is 4.54. The van der Waals surface area contributed by atoms with Gasteiger partial charge in [0.1, 0.15) is 23.4 Å². The van der Waals surface area contributed by atoms with E-state index in [9.17, 15) is 40.8 Å². The molecule has 0 radical (unpaired) electrons. The molecule has 57 heavy (non-hydrogen) atoms. The van der Waals surface area contributed by atoms with Crippen molar-refractivity contribution in [1.82, 2.24) is 19.9 Å². The largest absolute Gasteiger partial charge is 0.492 e. The third-order valence-electron chi connectivity index (χ3n) is 11.1. The van der Waals surface area contributed by atoms with E-state index in [0.29, 0.717) is 43.9 Å². The van der Waals surface area contributed by atoms with E-state index in [1.165, 1.54) is 0 Å². The van der Waals surface area contributed by atoms with Gasteiger partial charge in [0.05, 0.1) is 24.1 Å². The van der Waals surface area contributed by atoms with Gasteiger partial charge in [0, 0.05) is 33.8 Å². The van der Waals surface area contributed by atoms with E-state index in [-0.39, 0.29) is 47.8 Å². The first kappa shape index (κ1) is 43.5. The minimum Gasteiger partial charge on any atom is -0.492 e. The summed E-state index contributed by atoms with van der Waals surface area (Å²) in [6.07, 6.45) is 1.25. The number of hydrogen-bond donors (Lipinski definition) is 3. The smallest absolute Gasteiger partial charge is 0.425 e. The van der Waals surface area contributed by atoms with Crippen molar-refractivity contribution in [2.75, 3.05) is 13.2 Å². The van der Waals surface area contributed by atoms with Gasteiger partial charge in [-0.2, -0.15) is 13.2 Å². The monoisotopic (exact) mass is 829 g/mol. The molecule has 0 spiro atoms. The van der Waals surface area contributed by atoms with Gasteiger partial charge in [-0.15, -0.1) is 0 Å². The molecule has 4 N–H and O–H groups in total. The van der Waals surface area contributed by atoms with E-state index in [1.807, 2.05) is 43.3 Å². The maximum absolute atomic E-state index is 14.1. The number of nitrogens with one attached hydrogen (secondary N) is 2. The molecule has 2 aromatic rings. The number of benzene rings is 1. The normalized spacial score (nSPS) is 28.4. The van der Waals surface area contributed by atoms with Crippen LogP contribution >= 0.6 is 0 Å². The number of halogens is 3. The Bertz CT molecular complexity index is 1990. The molecule has 1 aromatic heterocycles. The fourth-order valence-corrected chi connectivity index (χ4v) is 8.63. The molecule has 18 heteroatoms. The molecule has 3 fully saturated rings. The Labute approximate surface area is 334 Å². The van der Waals surface area contributed by atoms with E-state index < -0.39 is 62.6 Å². The molecule has 2 saturated carbocycles. The summed E-state index contributed by atoms with van der Waals surface area (Å²) in [6, 6.07) is 6.73. The van der Waals surface area contributed by atoms with Crippen molar-refractivity contribution in [3.05, 3.63) is 42.6 Å². The lowest BCUT2D eigenvalue weighted by atomic mass is 9.91.